The Hall–Kier alpha value is -2.26. The molecule has 0 aliphatic carbocycles. The zero-order chi connectivity index (χ0) is 16.9. The monoisotopic (exact) mass is 314 g/mol. The molecule has 0 spiro atoms. The fourth-order valence-electron chi connectivity index (χ4n) is 1.96. The number of pyridine rings is 1. The molecule has 1 aromatic rings. The third-order valence-corrected chi connectivity index (χ3v) is 3.05. The van der Waals surface area contributed by atoms with Gasteiger partial charge in [-0.25, -0.2) is 4.98 Å². The van der Waals surface area contributed by atoms with Crippen molar-refractivity contribution in [1.82, 2.24) is 4.98 Å². The van der Waals surface area contributed by atoms with Crippen LogP contribution in [0.3, 0.4) is 0 Å². The van der Waals surface area contributed by atoms with Crippen LogP contribution < -0.4 is 4.74 Å². The number of aliphatic hydroxyl groups is 2. The summed E-state index contributed by atoms with van der Waals surface area (Å²) < 4.78 is 9.48. The molecule has 9 nitrogen and oxygen atoms in total. The van der Waals surface area contributed by atoms with E-state index < -0.39 is 35.2 Å². The highest BCUT2D eigenvalue weighted by molar-refractivity contribution is 5.70. The Morgan fingerprint density at radius 1 is 1.50 bits per heavy atom. The van der Waals surface area contributed by atoms with Crippen molar-refractivity contribution in [3.05, 3.63) is 27.4 Å². The van der Waals surface area contributed by atoms with Gasteiger partial charge in [-0.05, 0) is 13.8 Å². The maximum absolute atomic E-state index is 11.3. The molecule has 0 aliphatic rings. The SMILES string of the molecule is CCOC(=O)CC(O)C(O)c1cnc(OC)c([N+](=O)[O-])c1C. The second-order valence-corrected chi connectivity index (χ2v) is 4.47. The predicted molar refractivity (Wildman–Crippen MR) is 74.4 cm³/mol. The first-order chi connectivity index (χ1) is 10.3. The minimum absolute atomic E-state index is 0.0456. The molecule has 1 aromatic heterocycles. The van der Waals surface area contributed by atoms with Gasteiger partial charge in [-0.15, -0.1) is 0 Å². The molecule has 0 saturated heterocycles. The first kappa shape index (κ1) is 17.8. The largest absolute Gasteiger partial charge is 0.476 e. The number of hydrogen-bond acceptors (Lipinski definition) is 8. The number of carbonyl (C=O) groups excluding carboxylic acids is 1. The van der Waals surface area contributed by atoms with E-state index in [1.165, 1.54) is 20.2 Å². The number of rotatable bonds is 7. The maximum atomic E-state index is 11.3. The van der Waals surface area contributed by atoms with Crippen LogP contribution in [0.5, 0.6) is 5.88 Å². The second kappa shape index (κ2) is 7.66. The Balaban J connectivity index is 3.08. The van der Waals surface area contributed by atoms with Crippen LogP contribution in [-0.4, -0.2) is 45.9 Å². The van der Waals surface area contributed by atoms with Crippen LogP contribution in [0, 0.1) is 17.0 Å². The molecule has 0 amide bonds. The fraction of sp³-hybridized carbons (Fsp3) is 0.538. The number of esters is 1. The van der Waals surface area contributed by atoms with E-state index in [9.17, 15) is 25.1 Å². The predicted octanol–water partition coefficient (Wildman–Crippen LogP) is 0.654. The van der Waals surface area contributed by atoms with Crippen LogP contribution in [0.4, 0.5) is 5.69 Å². The number of methoxy groups -OCH3 is 1. The van der Waals surface area contributed by atoms with Gasteiger partial charge < -0.3 is 19.7 Å². The Bertz CT molecular complexity index is 562. The lowest BCUT2D eigenvalue weighted by Crippen LogP contribution is -2.24. The average Bonchev–Trinajstić information content (AvgIpc) is 2.45. The molecule has 2 atom stereocenters. The fourth-order valence-corrected chi connectivity index (χ4v) is 1.96. The van der Waals surface area contributed by atoms with E-state index in [-0.39, 0.29) is 23.6 Å². The Labute approximate surface area is 126 Å². The van der Waals surface area contributed by atoms with Gasteiger partial charge in [0.05, 0.1) is 31.2 Å². The van der Waals surface area contributed by atoms with Gasteiger partial charge in [0.15, 0.2) is 0 Å². The molecule has 1 heterocycles. The van der Waals surface area contributed by atoms with Crippen molar-refractivity contribution in [1.29, 1.82) is 0 Å². The number of ether oxygens (including phenoxy) is 2. The van der Waals surface area contributed by atoms with Crippen molar-refractivity contribution in [3.63, 3.8) is 0 Å². The van der Waals surface area contributed by atoms with E-state index in [0.717, 1.165) is 0 Å². The van der Waals surface area contributed by atoms with Gasteiger partial charge in [-0.2, -0.15) is 0 Å². The maximum Gasteiger partial charge on any atom is 0.334 e. The normalized spacial score (nSPS) is 13.3. The quantitative estimate of drug-likeness (QED) is 0.426. The van der Waals surface area contributed by atoms with Crippen molar-refractivity contribution in [2.24, 2.45) is 0 Å². The second-order valence-electron chi connectivity index (χ2n) is 4.47. The number of nitrogens with zero attached hydrogens (tertiary/aromatic N) is 2. The number of carbonyl (C=O) groups is 1. The summed E-state index contributed by atoms with van der Waals surface area (Å²) in [6.45, 7) is 3.16. The van der Waals surface area contributed by atoms with Crippen LogP contribution in [0.1, 0.15) is 30.6 Å². The van der Waals surface area contributed by atoms with Gasteiger partial charge in [-0.1, -0.05) is 0 Å². The molecule has 22 heavy (non-hydrogen) atoms. The molecule has 0 aromatic carbocycles. The molecule has 122 valence electrons. The minimum Gasteiger partial charge on any atom is -0.476 e. The van der Waals surface area contributed by atoms with Crippen molar-refractivity contribution in [3.8, 4) is 5.88 Å². The number of aromatic nitrogens is 1. The molecular formula is C13H18N2O7. The summed E-state index contributed by atoms with van der Waals surface area (Å²) >= 11 is 0. The van der Waals surface area contributed by atoms with Gasteiger partial charge >= 0.3 is 11.7 Å². The van der Waals surface area contributed by atoms with Gasteiger partial charge in [0.2, 0.25) is 0 Å². The highest BCUT2D eigenvalue weighted by Gasteiger charge is 2.29. The number of hydrogen-bond donors (Lipinski definition) is 2. The molecule has 0 radical (unpaired) electrons. The van der Waals surface area contributed by atoms with E-state index >= 15 is 0 Å². The molecule has 0 saturated carbocycles. The zero-order valence-corrected chi connectivity index (χ0v) is 12.5. The molecule has 2 N–H and O–H groups in total. The van der Waals surface area contributed by atoms with Crippen molar-refractivity contribution in [2.75, 3.05) is 13.7 Å². The lowest BCUT2D eigenvalue weighted by atomic mass is 9.99. The van der Waals surface area contributed by atoms with Crippen LogP contribution in [0.2, 0.25) is 0 Å². The first-order valence-corrected chi connectivity index (χ1v) is 6.53. The van der Waals surface area contributed by atoms with E-state index in [0.29, 0.717) is 0 Å². The molecule has 0 bridgehead atoms. The van der Waals surface area contributed by atoms with Gasteiger partial charge in [0.1, 0.15) is 6.10 Å². The highest BCUT2D eigenvalue weighted by atomic mass is 16.6. The summed E-state index contributed by atoms with van der Waals surface area (Å²) in [5.74, 6) is -0.874. The molecular weight excluding hydrogens is 296 g/mol. The standard InChI is InChI=1S/C13H18N2O7/c1-4-22-10(17)5-9(16)12(18)8-6-14-13(21-3)11(7(8)2)15(19)20/h6,9,12,16,18H,4-5H2,1-3H3. The molecule has 0 fully saturated rings. The zero-order valence-electron chi connectivity index (χ0n) is 12.5. The van der Waals surface area contributed by atoms with E-state index in [2.05, 4.69) is 9.72 Å². The smallest absolute Gasteiger partial charge is 0.334 e. The van der Waals surface area contributed by atoms with Gasteiger partial charge in [0.25, 0.3) is 5.88 Å². The minimum atomic E-state index is -1.51. The summed E-state index contributed by atoms with van der Waals surface area (Å²) in [4.78, 5) is 25.5. The molecule has 2 unspecified atom stereocenters. The van der Waals surface area contributed by atoms with E-state index in [1.807, 2.05) is 0 Å². The molecule has 9 heteroatoms. The van der Waals surface area contributed by atoms with Crippen molar-refractivity contribution >= 4 is 11.7 Å². The van der Waals surface area contributed by atoms with Crippen molar-refractivity contribution < 1.29 is 29.4 Å². The lowest BCUT2D eigenvalue weighted by molar-refractivity contribution is -0.386. The van der Waals surface area contributed by atoms with Gasteiger partial charge in [-0.3, -0.25) is 14.9 Å². The molecule has 0 aliphatic heterocycles. The Morgan fingerprint density at radius 3 is 2.64 bits per heavy atom. The third kappa shape index (κ3) is 3.89. The average molecular weight is 314 g/mol. The van der Waals surface area contributed by atoms with Crippen molar-refractivity contribution in [2.45, 2.75) is 32.5 Å². The van der Waals surface area contributed by atoms with Crippen LogP contribution >= 0.6 is 0 Å². The summed E-state index contributed by atoms with van der Waals surface area (Å²) in [5.41, 5.74) is -0.251. The number of aliphatic hydroxyl groups excluding tert-OH is 2. The Morgan fingerprint density at radius 2 is 2.14 bits per heavy atom. The summed E-state index contributed by atoms with van der Waals surface area (Å²) in [7, 11) is 1.24. The van der Waals surface area contributed by atoms with Crippen LogP contribution in [0.25, 0.3) is 0 Å². The first-order valence-electron chi connectivity index (χ1n) is 6.53. The van der Waals surface area contributed by atoms with Crippen LogP contribution in [-0.2, 0) is 9.53 Å². The summed E-state index contributed by atoms with van der Waals surface area (Å²) in [6.07, 6.45) is -2.25. The van der Waals surface area contributed by atoms with E-state index in [4.69, 9.17) is 4.74 Å². The number of nitro groups is 1. The highest BCUT2D eigenvalue weighted by Crippen LogP contribution is 2.34. The summed E-state index contributed by atoms with van der Waals surface area (Å²) in [5, 5.41) is 31.0. The van der Waals surface area contributed by atoms with Crippen LogP contribution in [0.15, 0.2) is 6.20 Å². The topological polar surface area (TPSA) is 132 Å². The van der Waals surface area contributed by atoms with Gasteiger partial charge in [0, 0.05) is 17.3 Å². The molecule has 1 rings (SSSR count). The van der Waals surface area contributed by atoms with E-state index in [1.54, 1.807) is 6.92 Å². The summed E-state index contributed by atoms with van der Waals surface area (Å²) in [6, 6.07) is 0. The Kier molecular flexibility index (Phi) is 6.20. The lowest BCUT2D eigenvalue weighted by Gasteiger charge is -2.19. The third-order valence-electron chi connectivity index (χ3n) is 3.05.